The zero-order chi connectivity index (χ0) is 15.4. The summed E-state index contributed by atoms with van der Waals surface area (Å²) in [4.78, 5) is 19.2. The predicted octanol–water partition coefficient (Wildman–Crippen LogP) is 3.10. The van der Waals surface area contributed by atoms with Crippen LogP contribution < -0.4 is 15.8 Å². The molecule has 1 amide bonds. The smallest absolute Gasteiger partial charge is 0.226 e. The molecule has 0 spiro atoms. The topological polar surface area (TPSA) is 90.1 Å². The van der Waals surface area contributed by atoms with Gasteiger partial charge in [-0.3, -0.25) is 4.79 Å². The highest BCUT2D eigenvalue weighted by Gasteiger charge is 2.07. The van der Waals surface area contributed by atoms with Crippen LogP contribution in [-0.4, -0.2) is 15.9 Å². The van der Waals surface area contributed by atoms with E-state index in [-0.39, 0.29) is 28.8 Å². The van der Waals surface area contributed by atoms with E-state index in [4.69, 9.17) is 22.1 Å². The van der Waals surface area contributed by atoms with Gasteiger partial charge in [0, 0.05) is 17.7 Å². The summed E-state index contributed by atoms with van der Waals surface area (Å²) in [6, 6.07) is 8.36. The van der Waals surface area contributed by atoms with Gasteiger partial charge in [-0.05, 0) is 24.3 Å². The number of benzene rings is 1. The average Bonchev–Trinajstić information content (AvgIpc) is 2.39. The van der Waals surface area contributed by atoms with E-state index in [1.54, 1.807) is 24.3 Å². The molecule has 0 aliphatic rings. The molecule has 0 saturated heterocycles. The van der Waals surface area contributed by atoms with E-state index in [0.717, 1.165) is 0 Å². The molecule has 7 heteroatoms. The number of ether oxygens (including phenoxy) is 1. The van der Waals surface area contributed by atoms with Crippen LogP contribution in [0.25, 0.3) is 0 Å². The lowest BCUT2D eigenvalue weighted by Gasteiger charge is -2.09. The van der Waals surface area contributed by atoms with E-state index in [9.17, 15) is 4.79 Å². The molecule has 3 N–H and O–H groups in total. The number of rotatable bonds is 4. The first-order valence-corrected chi connectivity index (χ1v) is 6.70. The summed E-state index contributed by atoms with van der Waals surface area (Å²) in [5.74, 6) is 0.725. The number of nitrogens with zero attached hydrogens (tertiary/aromatic N) is 2. The molecule has 0 unspecified atom stereocenters. The summed E-state index contributed by atoms with van der Waals surface area (Å²) in [6.45, 7) is 3.66. The van der Waals surface area contributed by atoms with E-state index in [1.807, 2.05) is 13.8 Å². The fraction of sp³-hybridized carbons (Fsp3) is 0.214. The van der Waals surface area contributed by atoms with Crippen molar-refractivity contribution in [1.29, 1.82) is 0 Å². The maximum absolute atomic E-state index is 11.6. The first-order chi connectivity index (χ1) is 9.94. The first-order valence-electron chi connectivity index (χ1n) is 6.33. The Kier molecular flexibility index (Phi) is 4.59. The van der Waals surface area contributed by atoms with Crippen LogP contribution in [0.2, 0.25) is 5.15 Å². The van der Waals surface area contributed by atoms with E-state index in [1.165, 1.54) is 6.07 Å². The van der Waals surface area contributed by atoms with Crippen molar-refractivity contribution >= 4 is 29.1 Å². The van der Waals surface area contributed by atoms with E-state index < -0.39 is 0 Å². The Morgan fingerprint density at radius 3 is 2.52 bits per heavy atom. The molecule has 0 saturated carbocycles. The van der Waals surface area contributed by atoms with Crippen molar-refractivity contribution in [2.24, 2.45) is 5.92 Å². The monoisotopic (exact) mass is 306 g/mol. The summed E-state index contributed by atoms with van der Waals surface area (Å²) in [5.41, 5.74) is 6.18. The molecule has 1 aromatic heterocycles. The van der Waals surface area contributed by atoms with Crippen molar-refractivity contribution in [3.63, 3.8) is 0 Å². The van der Waals surface area contributed by atoms with Crippen LogP contribution in [0, 0.1) is 5.92 Å². The molecule has 0 radical (unpaired) electrons. The standard InChI is InChI=1S/C14H15ClN4O2/c1-8(2)13(20)17-9-3-5-10(6-4-9)21-12-7-11(15)18-14(16)19-12/h3-8H,1-2H3,(H,17,20)(H2,16,18,19). The van der Waals surface area contributed by atoms with E-state index >= 15 is 0 Å². The molecule has 0 bridgehead atoms. The van der Waals surface area contributed by atoms with Crippen molar-refractivity contribution < 1.29 is 9.53 Å². The second kappa shape index (κ2) is 6.41. The van der Waals surface area contributed by atoms with Crippen LogP contribution >= 0.6 is 11.6 Å². The highest BCUT2D eigenvalue weighted by molar-refractivity contribution is 6.29. The SMILES string of the molecule is CC(C)C(=O)Nc1ccc(Oc2cc(Cl)nc(N)n2)cc1. The number of carbonyl (C=O) groups excluding carboxylic acids is 1. The van der Waals surface area contributed by atoms with Crippen molar-refractivity contribution in [1.82, 2.24) is 9.97 Å². The number of hydrogen-bond acceptors (Lipinski definition) is 5. The molecule has 0 atom stereocenters. The van der Waals surface area contributed by atoms with E-state index in [2.05, 4.69) is 15.3 Å². The maximum atomic E-state index is 11.6. The molecule has 0 fully saturated rings. The predicted molar refractivity (Wildman–Crippen MR) is 81.4 cm³/mol. The van der Waals surface area contributed by atoms with Crippen LogP contribution in [-0.2, 0) is 4.79 Å². The van der Waals surface area contributed by atoms with Crippen LogP contribution in [0.15, 0.2) is 30.3 Å². The summed E-state index contributed by atoms with van der Waals surface area (Å²) < 4.78 is 5.52. The largest absolute Gasteiger partial charge is 0.439 e. The highest BCUT2D eigenvalue weighted by Crippen LogP contribution is 2.23. The minimum absolute atomic E-state index is 0.0401. The van der Waals surface area contributed by atoms with Crippen LogP contribution in [0.3, 0.4) is 0 Å². The lowest BCUT2D eigenvalue weighted by Crippen LogP contribution is -2.17. The number of nitrogens with two attached hydrogens (primary N) is 1. The molecule has 2 rings (SSSR count). The van der Waals surface area contributed by atoms with Gasteiger partial charge in [-0.15, -0.1) is 0 Å². The second-order valence-electron chi connectivity index (χ2n) is 4.66. The number of nitrogen functional groups attached to an aromatic ring is 1. The molecule has 1 heterocycles. The van der Waals surface area contributed by atoms with Crippen LogP contribution in [0.5, 0.6) is 11.6 Å². The van der Waals surface area contributed by atoms with Crippen molar-refractivity contribution in [2.45, 2.75) is 13.8 Å². The molecule has 6 nitrogen and oxygen atoms in total. The van der Waals surface area contributed by atoms with Gasteiger partial charge in [0.05, 0.1) is 0 Å². The first kappa shape index (κ1) is 15.1. The van der Waals surface area contributed by atoms with Crippen LogP contribution in [0.4, 0.5) is 11.6 Å². The summed E-state index contributed by atoms with van der Waals surface area (Å²) in [5, 5.41) is 3.00. The number of aromatic nitrogens is 2. The third kappa shape index (κ3) is 4.32. The van der Waals surface area contributed by atoms with Gasteiger partial charge in [0.25, 0.3) is 0 Å². The van der Waals surface area contributed by atoms with Gasteiger partial charge in [0.1, 0.15) is 10.9 Å². The van der Waals surface area contributed by atoms with Crippen molar-refractivity contribution in [3.05, 3.63) is 35.5 Å². The van der Waals surface area contributed by atoms with Gasteiger partial charge >= 0.3 is 0 Å². The Labute approximate surface area is 127 Å². The minimum atomic E-state index is -0.0768. The number of carbonyl (C=O) groups is 1. The lowest BCUT2D eigenvalue weighted by atomic mass is 10.2. The van der Waals surface area contributed by atoms with E-state index in [0.29, 0.717) is 11.4 Å². The fourth-order valence-corrected chi connectivity index (χ4v) is 1.66. The molecule has 2 aromatic rings. The third-order valence-electron chi connectivity index (χ3n) is 2.56. The van der Waals surface area contributed by atoms with Crippen LogP contribution in [0.1, 0.15) is 13.8 Å². The zero-order valence-electron chi connectivity index (χ0n) is 11.6. The second-order valence-corrected chi connectivity index (χ2v) is 5.04. The number of amides is 1. The van der Waals surface area contributed by atoms with Crippen molar-refractivity contribution in [3.8, 4) is 11.6 Å². The number of hydrogen-bond donors (Lipinski definition) is 2. The number of anilines is 2. The Bertz CT molecular complexity index is 624. The van der Waals surface area contributed by atoms with Gasteiger partial charge < -0.3 is 15.8 Å². The highest BCUT2D eigenvalue weighted by atomic mass is 35.5. The summed E-state index contributed by atoms with van der Waals surface area (Å²) in [7, 11) is 0. The molecular formula is C14H15ClN4O2. The van der Waals surface area contributed by atoms with Gasteiger partial charge in [-0.1, -0.05) is 25.4 Å². The average molecular weight is 307 g/mol. The molecular weight excluding hydrogens is 292 g/mol. The number of nitrogens with one attached hydrogen (secondary N) is 1. The maximum Gasteiger partial charge on any atom is 0.226 e. The summed E-state index contributed by atoms with van der Waals surface area (Å²) >= 11 is 5.77. The molecule has 0 aliphatic heterocycles. The van der Waals surface area contributed by atoms with Crippen molar-refractivity contribution in [2.75, 3.05) is 11.1 Å². The fourth-order valence-electron chi connectivity index (χ4n) is 1.48. The Morgan fingerprint density at radius 1 is 1.29 bits per heavy atom. The zero-order valence-corrected chi connectivity index (χ0v) is 12.4. The van der Waals surface area contributed by atoms with Gasteiger partial charge in [0.15, 0.2) is 0 Å². The lowest BCUT2D eigenvalue weighted by molar-refractivity contribution is -0.118. The Morgan fingerprint density at radius 2 is 1.95 bits per heavy atom. The molecule has 0 aliphatic carbocycles. The summed E-state index contributed by atoms with van der Waals surface area (Å²) in [6.07, 6.45) is 0. The minimum Gasteiger partial charge on any atom is -0.439 e. The van der Waals surface area contributed by atoms with Gasteiger partial charge in [-0.25, -0.2) is 4.98 Å². The quantitative estimate of drug-likeness (QED) is 0.847. The van der Waals surface area contributed by atoms with Gasteiger partial charge in [0.2, 0.25) is 17.7 Å². The molecule has 21 heavy (non-hydrogen) atoms. The molecule has 1 aromatic carbocycles. The Balaban J connectivity index is 2.07. The number of halogens is 1. The molecule has 110 valence electrons. The normalized spacial score (nSPS) is 10.5. The van der Waals surface area contributed by atoms with Gasteiger partial charge in [-0.2, -0.15) is 4.98 Å². The third-order valence-corrected chi connectivity index (χ3v) is 2.75. The Hall–Kier alpha value is -2.34.